The Bertz CT molecular complexity index is 753. The molecule has 0 amide bonds. The number of hydrogen-bond donors (Lipinski definition) is 0. The van der Waals surface area contributed by atoms with Gasteiger partial charge in [-0.05, 0) is 36.5 Å². The van der Waals surface area contributed by atoms with Gasteiger partial charge in [0, 0.05) is 19.3 Å². The lowest BCUT2D eigenvalue weighted by Gasteiger charge is -2.35. The lowest BCUT2D eigenvalue weighted by Crippen LogP contribution is -2.28. The first-order valence-electron chi connectivity index (χ1n) is 11.4. The fourth-order valence-corrected chi connectivity index (χ4v) is 3.67. The molecule has 0 unspecified atom stereocenters. The zero-order valence-corrected chi connectivity index (χ0v) is 18.1. The minimum Gasteiger partial charge on any atom is -0.341 e. The molecule has 1 saturated heterocycles. The number of ether oxygens (including phenoxy) is 2. The van der Waals surface area contributed by atoms with E-state index in [1.165, 1.54) is 30.4 Å². The van der Waals surface area contributed by atoms with Crippen LogP contribution in [-0.4, -0.2) is 6.29 Å². The van der Waals surface area contributed by atoms with Crippen LogP contribution in [0.1, 0.15) is 81.6 Å². The largest absolute Gasteiger partial charge is 0.341 e. The highest BCUT2D eigenvalue weighted by atomic mass is 16.7. The topological polar surface area (TPSA) is 18.5 Å². The van der Waals surface area contributed by atoms with E-state index in [0.29, 0.717) is 0 Å². The van der Waals surface area contributed by atoms with Crippen molar-refractivity contribution in [1.29, 1.82) is 0 Å². The maximum absolute atomic E-state index is 6.27. The SMILES string of the molecule is CCCCCC#CCCC/C=C/C1O[C@@H](c2ccccc2)C[C@H](c2ccccc2)O1. The summed E-state index contributed by atoms with van der Waals surface area (Å²) in [4.78, 5) is 0. The van der Waals surface area contributed by atoms with Crippen molar-refractivity contribution in [3.05, 3.63) is 83.9 Å². The summed E-state index contributed by atoms with van der Waals surface area (Å²) in [5, 5.41) is 0. The van der Waals surface area contributed by atoms with E-state index in [1.807, 2.05) is 12.1 Å². The second-order valence-electron chi connectivity index (χ2n) is 7.81. The van der Waals surface area contributed by atoms with Crippen molar-refractivity contribution in [2.24, 2.45) is 0 Å². The predicted molar refractivity (Wildman–Crippen MR) is 124 cm³/mol. The monoisotopic (exact) mass is 402 g/mol. The van der Waals surface area contributed by atoms with Crippen molar-refractivity contribution < 1.29 is 9.47 Å². The van der Waals surface area contributed by atoms with Crippen LogP contribution in [0.15, 0.2) is 72.8 Å². The van der Waals surface area contributed by atoms with Crippen molar-refractivity contribution in [1.82, 2.24) is 0 Å². The molecule has 30 heavy (non-hydrogen) atoms. The van der Waals surface area contributed by atoms with Crippen molar-refractivity contribution in [2.45, 2.75) is 76.8 Å². The molecule has 2 atom stereocenters. The molecular formula is C28H34O2. The molecule has 0 aliphatic carbocycles. The first-order chi connectivity index (χ1) is 14.9. The van der Waals surface area contributed by atoms with Crippen LogP contribution < -0.4 is 0 Å². The standard InChI is InChI=1S/C28H34O2/c1-2-3-4-5-6-7-8-9-10-17-22-28-29-26(24-18-13-11-14-19-24)23-27(30-28)25-20-15-12-16-21-25/h11-22,26-28H,2-5,8-10,23H2,1H3/b22-17+/t26-,27-/m1/s1. The van der Waals surface area contributed by atoms with Crippen LogP contribution in [-0.2, 0) is 9.47 Å². The number of allylic oxidation sites excluding steroid dienone is 1. The van der Waals surface area contributed by atoms with Crippen LogP contribution in [0, 0.1) is 11.8 Å². The zero-order valence-electron chi connectivity index (χ0n) is 18.1. The van der Waals surface area contributed by atoms with Gasteiger partial charge in [0.15, 0.2) is 6.29 Å². The molecule has 2 aromatic carbocycles. The number of rotatable bonds is 9. The van der Waals surface area contributed by atoms with Crippen LogP contribution in [0.5, 0.6) is 0 Å². The number of hydrogen-bond acceptors (Lipinski definition) is 2. The molecule has 1 aliphatic rings. The lowest BCUT2D eigenvalue weighted by atomic mass is 9.97. The molecule has 158 valence electrons. The second-order valence-corrected chi connectivity index (χ2v) is 7.81. The van der Waals surface area contributed by atoms with Gasteiger partial charge in [-0.15, -0.1) is 11.8 Å². The van der Waals surface area contributed by atoms with Gasteiger partial charge in [-0.3, -0.25) is 0 Å². The summed E-state index contributed by atoms with van der Waals surface area (Å²) < 4.78 is 12.5. The van der Waals surface area contributed by atoms with Gasteiger partial charge < -0.3 is 9.47 Å². The molecule has 2 nitrogen and oxygen atoms in total. The summed E-state index contributed by atoms with van der Waals surface area (Å²) in [6.07, 6.45) is 12.7. The second kappa shape index (κ2) is 13.1. The molecule has 0 N–H and O–H groups in total. The van der Waals surface area contributed by atoms with Gasteiger partial charge in [0.25, 0.3) is 0 Å². The van der Waals surface area contributed by atoms with Crippen LogP contribution in [0.2, 0.25) is 0 Å². The Hall–Kier alpha value is -2.34. The highest BCUT2D eigenvalue weighted by Crippen LogP contribution is 2.38. The van der Waals surface area contributed by atoms with Crippen LogP contribution in [0.3, 0.4) is 0 Å². The van der Waals surface area contributed by atoms with Crippen molar-refractivity contribution in [3.8, 4) is 11.8 Å². The Morgan fingerprint density at radius 1 is 0.800 bits per heavy atom. The van der Waals surface area contributed by atoms with Gasteiger partial charge >= 0.3 is 0 Å². The Labute approximate surface area is 182 Å². The molecule has 1 fully saturated rings. The number of benzene rings is 2. The Kier molecular flexibility index (Phi) is 9.73. The van der Waals surface area contributed by atoms with E-state index in [4.69, 9.17) is 9.47 Å². The van der Waals surface area contributed by atoms with E-state index in [1.54, 1.807) is 0 Å². The van der Waals surface area contributed by atoms with Gasteiger partial charge in [-0.1, -0.05) is 86.5 Å². The van der Waals surface area contributed by atoms with Gasteiger partial charge in [0.05, 0.1) is 12.2 Å². The maximum atomic E-state index is 6.27. The molecule has 2 aromatic rings. The fourth-order valence-electron chi connectivity index (χ4n) is 3.67. The summed E-state index contributed by atoms with van der Waals surface area (Å²) >= 11 is 0. The molecule has 0 radical (unpaired) electrons. The highest BCUT2D eigenvalue weighted by Gasteiger charge is 2.30. The third-order valence-electron chi connectivity index (χ3n) is 5.36. The van der Waals surface area contributed by atoms with Gasteiger partial charge in [-0.2, -0.15) is 0 Å². The fraction of sp³-hybridized carbons (Fsp3) is 0.429. The minimum atomic E-state index is -0.325. The molecule has 3 rings (SSSR count). The van der Waals surface area contributed by atoms with E-state index in [-0.39, 0.29) is 18.5 Å². The van der Waals surface area contributed by atoms with E-state index >= 15 is 0 Å². The van der Waals surface area contributed by atoms with Crippen LogP contribution >= 0.6 is 0 Å². The first kappa shape index (κ1) is 22.3. The third kappa shape index (κ3) is 7.48. The lowest BCUT2D eigenvalue weighted by molar-refractivity contribution is -0.224. The summed E-state index contributed by atoms with van der Waals surface area (Å²) in [6, 6.07) is 20.9. The van der Waals surface area contributed by atoms with Crippen molar-refractivity contribution in [2.75, 3.05) is 0 Å². The van der Waals surface area contributed by atoms with E-state index in [2.05, 4.69) is 79.4 Å². The highest BCUT2D eigenvalue weighted by molar-refractivity contribution is 5.22. The predicted octanol–water partition coefficient (Wildman–Crippen LogP) is 7.54. The van der Waals surface area contributed by atoms with Crippen LogP contribution in [0.25, 0.3) is 0 Å². The van der Waals surface area contributed by atoms with Gasteiger partial charge in [0.1, 0.15) is 0 Å². The maximum Gasteiger partial charge on any atom is 0.178 e. The van der Waals surface area contributed by atoms with Crippen LogP contribution in [0.4, 0.5) is 0 Å². The van der Waals surface area contributed by atoms with E-state index < -0.39 is 0 Å². The molecule has 0 spiro atoms. The first-order valence-corrected chi connectivity index (χ1v) is 11.4. The average molecular weight is 403 g/mol. The molecule has 2 heteroatoms. The molecule has 0 aromatic heterocycles. The smallest absolute Gasteiger partial charge is 0.178 e. The normalized spacial score (nSPS) is 21.3. The Morgan fingerprint density at radius 2 is 1.37 bits per heavy atom. The quantitative estimate of drug-likeness (QED) is 0.245. The van der Waals surface area contributed by atoms with E-state index in [9.17, 15) is 0 Å². The van der Waals surface area contributed by atoms with Crippen molar-refractivity contribution >= 4 is 0 Å². The number of unbranched alkanes of at least 4 members (excludes halogenated alkanes) is 5. The summed E-state index contributed by atoms with van der Waals surface area (Å²) in [7, 11) is 0. The minimum absolute atomic E-state index is 0.0359. The molecule has 1 aliphatic heterocycles. The molecular weight excluding hydrogens is 368 g/mol. The van der Waals surface area contributed by atoms with Crippen molar-refractivity contribution in [3.63, 3.8) is 0 Å². The Balaban J connectivity index is 1.53. The van der Waals surface area contributed by atoms with Gasteiger partial charge in [-0.25, -0.2) is 0 Å². The van der Waals surface area contributed by atoms with E-state index in [0.717, 1.165) is 32.1 Å². The third-order valence-corrected chi connectivity index (χ3v) is 5.36. The molecule has 0 saturated carbocycles. The summed E-state index contributed by atoms with van der Waals surface area (Å²) in [5.41, 5.74) is 2.41. The van der Waals surface area contributed by atoms with Gasteiger partial charge in [0.2, 0.25) is 0 Å². The molecule has 1 heterocycles. The summed E-state index contributed by atoms with van der Waals surface area (Å²) in [5.74, 6) is 6.58. The average Bonchev–Trinajstić information content (AvgIpc) is 2.81. The Morgan fingerprint density at radius 3 is 1.93 bits per heavy atom. The molecule has 0 bridgehead atoms. The summed E-state index contributed by atoms with van der Waals surface area (Å²) in [6.45, 7) is 2.23. The zero-order chi connectivity index (χ0) is 20.9.